The number of nitrogens with one attached hydrogen (secondary N) is 1. The van der Waals surface area contributed by atoms with Crippen LogP contribution in [0.15, 0.2) is 46.1 Å². The number of phenolic OH excluding ortho intramolecular Hbond substituents is 2. The second-order valence-electron chi connectivity index (χ2n) is 21.2. The van der Waals surface area contributed by atoms with Gasteiger partial charge in [0.15, 0.2) is 11.4 Å². The second-order valence-corrected chi connectivity index (χ2v) is 21.2. The van der Waals surface area contributed by atoms with Gasteiger partial charge in [-0.2, -0.15) is 0 Å². The lowest BCUT2D eigenvalue weighted by Gasteiger charge is -2.42. The van der Waals surface area contributed by atoms with Crippen LogP contribution in [0.4, 0.5) is 5.69 Å². The Bertz CT molecular complexity index is 2610. The number of ether oxygens (including phenoxy) is 3. The van der Waals surface area contributed by atoms with Crippen LogP contribution < -0.4 is 20.8 Å². The van der Waals surface area contributed by atoms with Crippen LogP contribution in [0.1, 0.15) is 108 Å². The maximum atomic E-state index is 14.7. The molecule has 3 fully saturated rings. The van der Waals surface area contributed by atoms with Crippen LogP contribution in [-0.2, 0) is 23.9 Å². The molecule has 5 atom stereocenters. The number of allylic oxidation sites excluding steroid dienone is 3. The van der Waals surface area contributed by atoms with Gasteiger partial charge in [0, 0.05) is 100 Å². The van der Waals surface area contributed by atoms with Crippen molar-refractivity contribution in [1.82, 2.24) is 19.6 Å². The Morgan fingerprint density at radius 1 is 0.930 bits per heavy atom. The third-order valence-corrected chi connectivity index (χ3v) is 15.2. The number of phenols is 2. The molecule has 5 bridgehead atoms. The standard InChI is InChI=1S/C53H73N7O11/c1-31(2)30-58-20-16-53(17-21-58)55-44-41-42-47(65)34(5)49-43(41)50(67)52(6,71-49)69-26-9-8-13-37(70-40(64)29-39(63)60-24-22-59(23-25-60)35-14-18-57(7)19-15-35)27-36(61)28-38(62)32(3)11-10-12-33(4)51(68)54-46(48(42)66)45(44)56-53/h9-12,26,31-32,35-38,61-62,65-66H,8,13-25,27-30H2,1-7H3,(H,54,68)/b11-10+,26-9+,33-12-/t32-,36-,37+,38+,52-/m0/s1. The van der Waals surface area contributed by atoms with Crippen molar-refractivity contribution >= 4 is 40.0 Å². The number of hydrogen-bond acceptors (Lipinski definition) is 16. The Morgan fingerprint density at radius 2 is 1.62 bits per heavy atom. The van der Waals surface area contributed by atoms with E-state index in [1.54, 1.807) is 50.0 Å². The van der Waals surface area contributed by atoms with Gasteiger partial charge in [0.25, 0.3) is 11.7 Å². The molecule has 2 aromatic carbocycles. The third kappa shape index (κ3) is 11.2. The van der Waals surface area contributed by atoms with Crippen molar-refractivity contribution in [2.24, 2.45) is 21.8 Å². The van der Waals surface area contributed by atoms with Gasteiger partial charge in [0.05, 0.1) is 34.8 Å². The normalized spacial score (nSPS) is 28.9. The predicted octanol–water partition coefficient (Wildman–Crippen LogP) is 4.00. The summed E-state index contributed by atoms with van der Waals surface area (Å²) >= 11 is 0. The molecule has 2 amide bonds. The average molecular weight is 984 g/mol. The molecule has 0 radical (unpaired) electrons. The largest absolute Gasteiger partial charge is 0.507 e. The van der Waals surface area contributed by atoms with Gasteiger partial charge in [-0.05, 0) is 78.1 Å². The first-order valence-corrected chi connectivity index (χ1v) is 25.5. The number of anilines is 1. The van der Waals surface area contributed by atoms with E-state index in [9.17, 15) is 39.6 Å². The molecule has 0 aromatic heterocycles. The van der Waals surface area contributed by atoms with E-state index in [1.165, 1.54) is 13.2 Å². The molecule has 9 rings (SSSR count). The number of rotatable bonds is 6. The van der Waals surface area contributed by atoms with E-state index >= 15 is 0 Å². The molecule has 1 spiro atoms. The number of ketones is 1. The molecule has 18 nitrogen and oxygen atoms in total. The molecule has 7 heterocycles. The topological polar surface area (TPSA) is 227 Å². The van der Waals surface area contributed by atoms with Gasteiger partial charge in [-0.1, -0.05) is 39.0 Å². The molecule has 7 aliphatic heterocycles. The van der Waals surface area contributed by atoms with Crippen LogP contribution in [-0.4, -0.2) is 165 Å². The molecule has 7 aliphatic rings. The lowest BCUT2D eigenvalue weighted by atomic mass is 9.93. The van der Waals surface area contributed by atoms with Crippen LogP contribution in [0.25, 0.3) is 10.8 Å². The zero-order valence-electron chi connectivity index (χ0n) is 42.4. The summed E-state index contributed by atoms with van der Waals surface area (Å²) in [5, 5.41) is 49.7. The lowest BCUT2D eigenvalue weighted by Crippen LogP contribution is -2.54. The van der Waals surface area contributed by atoms with Gasteiger partial charge < -0.3 is 54.7 Å². The minimum Gasteiger partial charge on any atom is -0.507 e. The number of likely N-dealkylation sites (tertiary alicyclic amines) is 2. The number of aromatic hydroxyl groups is 2. The minimum atomic E-state index is -1.92. The summed E-state index contributed by atoms with van der Waals surface area (Å²) in [6.45, 7) is 17.7. The van der Waals surface area contributed by atoms with Crippen LogP contribution in [0, 0.1) is 18.8 Å². The number of piperidine rings is 2. The minimum absolute atomic E-state index is 0.0194. The van der Waals surface area contributed by atoms with Gasteiger partial charge in [-0.25, -0.2) is 0 Å². The number of benzene rings is 2. The number of Topliss-reactive ketones (excluding diaryl/α,β-unsaturated/α-hetero) is 1. The number of fused-ring (bicyclic) bond motifs is 13. The summed E-state index contributed by atoms with van der Waals surface area (Å²) in [6.07, 6.45) is 8.14. The first-order valence-electron chi connectivity index (χ1n) is 25.5. The molecule has 18 heteroatoms. The van der Waals surface area contributed by atoms with Crippen molar-refractivity contribution in [2.45, 2.75) is 135 Å². The van der Waals surface area contributed by atoms with Gasteiger partial charge in [0.2, 0.25) is 5.91 Å². The zero-order chi connectivity index (χ0) is 50.9. The zero-order valence-corrected chi connectivity index (χ0v) is 42.4. The molecule has 71 heavy (non-hydrogen) atoms. The van der Waals surface area contributed by atoms with Crippen LogP contribution in [0.2, 0.25) is 0 Å². The fourth-order valence-electron chi connectivity index (χ4n) is 10.9. The highest BCUT2D eigenvalue weighted by molar-refractivity contribution is 6.19. The molecule has 0 unspecified atom stereocenters. The van der Waals surface area contributed by atoms with Crippen LogP contribution >= 0.6 is 0 Å². The van der Waals surface area contributed by atoms with E-state index in [4.69, 9.17) is 24.2 Å². The van der Waals surface area contributed by atoms with Crippen LogP contribution in [0.3, 0.4) is 0 Å². The summed E-state index contributed by atoms with van der Waals surface area (Å²) in [6, 6.07) is 0.495. The number of amides is 2. The SMILES string of the molecule is C/C1=C/C=C/[C@H](C)[C@H](O)C[C@@H](O)C[C@H](OC(=O)CC(=O)N2CCN(C3CCN(C)CC3)CC2)CC/C=C/O[C@@]2(C)Oc3c(C)c(O)c4c(O)c(c5c(c4c3C2=O)=NC2(CCN(CC(C)C)CC2)N=5)NC1=O. The number of piperazine rings is 1. The highest BCUT2D eigenvalue weighted by atomic mass is 16.7. The summed E-state index contributed by atoms with van der Waals surface area (Å²) in [5.41, 5.74) is -0.558. The molecule has 5 N–H and O–H groups in total. The number of nitrogens with zero attached hydrogens (tertiary/aromatic N) is 6. The van der Waals surface area contributed by atoms with E-state index in [-0.39, 0.29) is 87.0 Å². The second kappa shape index (κ2) is 21.4. The molecular weight excluding hydrogens is 911 g/mol. The smallest absolute Gasteiger partial charge is 0.315 e. The Kier molecular flexibility index (Phi) is 15.6. The van der Waals surface area contributed by atoms with Crippen LogP contribution in [0.5, 0.6) is 17.2 Å². The predicted molar refractivity (Wildman–Crippen MR) is 265 cm³/mol. The highest BCUT2D eigenvalue weighted by Crippen LogP contribution is 2.50. The van der Waals surface area contributed by atoms with E-state index in [2.05, 4.69) is 40.9 Å². The summed E-state index contributed by atoms with van der Waals surface area (Å²) in [7, 11) is 2.13. The van der Waals surface area contributed by atoms with Crippen molar-refractivity contribution < 1.29 is 53.8 Å². The highest BCUT2D eigenvalue weighted by Gasteiger charge is 2.50. The first-order chi connectivity index (χ1) is 33.8. The fourth-order valence-corrected chi connectivity index (χ4v) is 10.9. The maximum absolute atomic E-state index is 14.7. The number of esters is 1. The van der Waals surface area contributed by atoms with Gasteiger partial charge in [-0.15, -0.1) is 0 Å². The molecule has 3 saturated heterocycles. The third-order valence-electron chi connectivity index (χ3n) is 15.2. The van der Waals surface area contributed by atoms with E-state index in [1.807, 2.05) is 0 Å². The number of hydrogen-bond donors (Lipinski definition) is 5. The van der Waals surface area contributed by atoms with Gasteiger partial charge >= 0.3 is 11.8 Å². The van der Waals surface area contributed by atoms with E-state index in [0.29, 0.717) is 51.0 Å². The fraction of sp³-hybridized carbons (Fsp3) is 0.623. The van der Waals surface area contributed by atoms with E-state index < -0.39 is 65.5 Å². The quantitative estimate of drug-likeness (QED) is 0.157. The Balaban J connectivity index is 1.06. The number of carbonyl (C=O) groups excluding carboxylic acids is 4. The Hall–Kier alpha value is -5.40. The van der Waals surface area contributed by atoms with Crippen molar-refractivity contribution in [1.29, 1.82) is 0 Å². The molecule has 0 aliphatic carbocycles. The van der Waals surface area contributed by atoms with Crippen molar-refractivity contribution in [3.05, 3.63) is 58.0 Å². The van der Waals surface area contributed by atoms with Crippen molar-refractivity contribution in [3.8, 4) is 17.2 Å². The molecule has 2 aromatic rings. The van der Waals surface area contributed by atoms with Gasteiger partial charge in [0.1, 0.15) is 35.1 Å². The summed E-state index contributed by atoms with van der Waals surface area (Å²) in [4.78, 5) is 74.6. The van der Waals surface area contributed by atoms with Gasteiger partial charge in [-0.3, -0.25) is 34.1 Å². The summed E-state index contributed by atoms with van der Waals surface area (Å²) < 4.78 is 18.2. The number of aliphatic hydroxyl groups excluding tert-OH is 2. The summed E-state index contributed by atoms with van der Waals surface area (Å²) in [5.74, 6) is -4.93. The van der Waals surface area contributed by atoms with Crippen molar-refractivity contribution in [3.63, 3.8) is 0 Å². The van der Waals surface area contributed by atoms with E-state index in [0.717, 1.165) is 45.6 Å². The monoisotopic (exact) mass is 984 g/mol. The lowest BCUT2D eigenvalue weighted by molar-refractivity contribution is -0.155. The molecular formula is C53H73N7O11. The number of aliphatic hydroxyl groups is 2. The first kappa shape index (κ1) is 51.9. The number of carbonyl (C=O) groups is 4. The van der Waals surface area contributed by atoms with Crippen molar-refractivity contribution in [2.75, 3.05) is 71.3 Å². The Labute approximate surface area is 415 Å². The maximum Gasteiger partial charge on any atom is 0.315 e. The average Bonchev–Trinajstić information content (AvgIpc) is 3.83. The molecule has 0 saturated carbocycles. The molecule has 386 valence electrons. The Morgan fingerprint density at radius 3 is 2.31 bits per heavy atom.